The molecule has 10 heteroatoms. The molecule has 0 heterocycles. The number of thiol groups is 1. The summed E-state index contributed by atoms with van der Waals surface area (Å²) in [6.45, 7) is -1.23. The van der Waals surface area contributed by atoms with Crippen molar-refractivity contribution in [3.8, 4) is 0 Å². The van der Waals surface area contributed by atoms with E-state index in [0.29, 0.717) is 5.75 Å². The van der Waals surface area contributed by atoms with Gasteiger partial charge in [-0.2, -0.15) is 12.6 Å². The van der Waals surface area contributed by atoms with Gasteiger partial charge in [-0.3, -0.25) is 9.59 Å². The summed E-state index contributed by atoms with van der Waals surface area (Å²) in [7, 11) is 1.12. The lowest BCUT2D eigenvalue weighted by molar-refractivity contribution is -0.151. The van der Waals surface area contributed by atoms with Crippen molar-refractivity contribution in [2.24, 2.45) is 5.73 Å². The quantitative estimate of drug-likeness (QED) is 0.168. The summed E-state index contributed by atoms with van der Waals surface area (Å²) >= 11 is 3.96. The highest BCUT2D eigenvalue weighted by Crippen LogP contribution is 2.04. The van der Waals surface area contributed by atoms with Crippen LogP contribution in [0, 0.1) is 0 Å². The molecule has 3 atom stereocenters. The predicted molar refractivity (Wildman–Crippen MR) is 83.6 cm³/mol. The molecule has 0 radical (unpaired) electrons. The van der Waals surface area contributed by atoms with E-state index in [2.05, 4.69) is 22.7 Å². The third kappa shape index (κ3) is 8.55. The van der Waals surface area contributed by atoms with Crippen molar-refractivity contribution in [1.82, 2.24) is 5.32 Å². The molecule has 0 saturated carbocycles. The number of aliphatic hydroxyl groups is 2. The van der Waals surface area contributed by atoms with Gasteiger partial charge >= 0.3 is 11.9 Å². The van der Waals surface area contributed by atoms with E-state index in [1.165, 1.54) is 6.08 Å². The second-order valence-electron chi connectivity index (χ2n) is 4.41. The second kappa shape index (κ2) is 11.9. The average molecular weight is 350 g/mol. The molecule has 0 rings (SSSR count). The lowest BCUT2D eigenvalue weighted by Crippen LogP contribution is -2.45. The molecule has 0 aliphatic heterocycles. The Morgan fingerprint density at radius 2 is 1.91 bits per heavy atom. The number of hydrogen-bond donors (Lipinski definition) is 5. The maximum Gasteiger partial charge on any atom is 0.330 e. The number of esters is 2. The molecule has 9 nitrogen and oxygen atoms in total. The van der Waals surface area contributed by atoms with Crippen molar-refractivity contribution < 1.29 is 34.1 Å². The first-order chi connectivity index (χ1) is 10.9. The minimum Gasteiger partial charge on any atom is -0.467 e. The molecular weight excluding hydrogens is 328 g/mol. The third-order valence-electron chi connectivity index (χ3n) is 2.61. The molecule has 0 aromatic rings. The van der Waals surface area contributed by atoms with Gasteiger partial charge in [0.15, 0.2) is 6.04 Å². The van der Waals surface area contributed by atoms with Crippen molar-refractivity contribution >= 4 is 30.5 Å². The summed E-state index contributed by atoms with van der Waals surface area (Å²) in [6.07, 6.45) is 1.73. The molecule has 1 amide bonds. The van der Waals surface area contributed by atoms with Crippen LogP contribution in [0.1, 0.15) is 6.42 Å². The van der Waals surface area contributed by atoms with Crippen LogP contribution in [0.2, 0.25) is 0 Å². The number of aliphatic hydroxyl groups excluding tert-OH is 2. The Bertz CT molecular complexity index is 431. The number of hydrogen-bond acceptors (Lipinski definition) is 9. The molecule has 23 heavy (non-hydrogen) atoms. The first-order valence-electron chi connectivity index (χ1n) is 6.72. The molecule has 0 spiro atoms. The second-order valence-corrected chi connectivity index (χ2v) is 4.77. The molecule has 5 N–H and O–H groups in total. The van der Waals surface area contributed by atoms with Crippen LogP contribution < -0.4 is 11.1 Å². The highest BCUT2D eigenvalue weighted by Gasteiger charge is 2.24. The van der Waals surface area contributed by atoms with Crippen LogP contribution in [0.15, 0.2) is 12.2 Å². The van der Waals surface area contributed by atoms with E-state index in [1.807, 2.05) is 0 Å². The van der Waals surface area contributed by atoms with Gasteiger partial charge in [-0.25, -0.2) is 4.79 Å². The lowest BCUT2D eigenvalue weighted by Gasteiger charge is -2.18. The Hall–Kier alpha value is -1.62. The maximum atomic E-state index is 11.9. The molecule has 0 aliphatic rings. The largest absolute Gasteiger partial charge is 0.467 e. The van der Waals surface area contributed by atoms with E-state index in [1.54, 1.807) is 6.08 Å². The Labute approximate surface area is 139 Å². The van der Waals surface area contributed by atoms with Gasteiger partial charge in [-0.1, -0.05) is 6.08 Å². The van der Waals surface area contributed by atoms with Crippen LogP contribution in [0.5, 0.6) is 0 Å². The minimum absolute atomic E-state index is 0.304. The van der Waals surface area contributed by atoms with Crippen molar-refractivity contribution in [3.63, 3.8) is 0 Å². The summed E-state index contributed by atoms with van der Waals surface area (Å²) in [5.74, 6) is -1.97. The van der Waals surface area contributed by atoms with E-state index >= 15 is 0 Å². The van der Waals surface area contributed by atoms with Gasteiger partial charge < -0.3 is 30.7 Å². The van der Waals surface area contributed by atoms with E-state index in [9.17, 15) is 14.4 Å². The monoisotopic (exact) mass is 350 g/mol. The molecule has 0 aliphatic carbocycles. The van der Waals surface area contributed by atoms with Gasteiger partial charge in [0.25, 0.3) is 0 Å². The van der Waals surface area contributed by atoms with Gasteiger partial charge in [0, 0.05) is 5.75 Å². The van der Waals surface area contributed by atoms with Crippen molar-refractivity contribution in [2.75, 3.05) is 26.1 Å². The van der Waals surface area contributed by atoms with E-state index in [4.69, 9.17) is 20.7 Å². The van der Waals surface area contributed by atoms with E-state index < -0.39 is 49.2 Å². The Kier molecular flexibility index (Phi) is 11.0. The first kappa shape index (κ1) is 21.4. The van der Waals surface area contributed by atoms with Crippen LogP contribution in [0.3, 0.4) is 0 Å². The highest BCUT2D eigenvalue weighted by atomic mass is 32.1. The standard InChI is InChI=1S/C13H22N2O7S/c1-21-13(20)10(7-17)15-11(18)5-8(3-2-4-23)22-12(19)9(14)6-16/h2-3,8-10,16-17,23H,4-7,14H2,1H3,(H,15,18)/b3-2+/t8?,9?,10-/m1/s1. The van der Waals surface area contributed by atoms with E-state index in [-0.39, 0.29) is 6.42 Å². The van der Waals surface area contributed by atoms with Crippen molar-refractivity contribution in [2.45, 2.75) is 24.6 Å². The SMILES string of the molecule is COC(=O)[C@@H](CO)NC(=O)CC(/C=C/CS)OC(=O)C(N)CO. The molecular formula is C13H22N2O7S. The van der Waals surface area contributed by atoms with Gasteiger partial charge in [-0.05, 0) is 6.08 Å². The van der Waals surface area contributed by atoms with Crippen LogP contribution >= 0.6 is 12.6 Å². The van der Waals surface area contributed by atoms with Gasteiger partial charge in [-0.15, -0.1) is 0 Å². The molecule has 0 saturated heterocycles. The zero-order valence-electron chi connectivity index (χ0n) is 12.7. The number of methoxy groups -OCH3 is 1. The van der Waals surface area contributed by atoms with Crippen LogP contribution in [0.4, 0.5) is 0 Å². The van der Waals surface area contributed by atoms with Crippen LogP contribution in [-0.2, 0) is 23.9 Å². The molecule has 0 fully saturated rings. The van der Waals surface area contributed by atoms with Crippen LogP contribution in [0.25, 0.3) is 0 Å². The number of carbonyl (C=O) groups is 3. The van der Waals surface area contributed by atoms with Crippen molar-refractivity contribution in [1.29, 1.82) is 0 Å². The fourth-order valence-corrected chi connectivity index (χ4v) is 1.55. The molecule has 0 aromatic heterocycles. The first-order valence-corrected chi connectivity index (χ1v) is 7.35. The Morgan fingerprint density at radius 1 is 1.26 bits per heavy atom. The smallest absolute Gasteiger partial charge is 0.330 e. The highest BCUT2D eigenvalue weighted by molar-refractivity contribution is 7.80. The zero-order chi connectivity index (χ0) is 17.8. The molecule has 2 unspecified atom stereocenters. The number of ether oxygens (including phenoxy) is 2. The fraction of sp³-hybridized carbons (Fsp3) is 0.615. The van der Waals surface area contributed by atoms with Gasteiger partial charge in [0.1, 0.15) is 12.1 Å². The summed E-state index contributed by atoms with van der Waals surface area (Å²) < 4.78 is 9.41. The number of nitrogens with two attached hydrogens (primary N) is 1. The topological polar surface area (TPSA) is 148 Å². The predicted octanol–water partition coefficient (Wildman–Crippen LogP) is -2.26. The molecule has 132 valence electrons. The summed E-state index contributed by atoms with van der Waals surface area (Å²) in [4.78, 5) is 34.7. The van der Waals surface area contributed by atoms with Gasteiger partial charge in [0.05, 0.1) is 26.7 Å². The van der Waals surface area contributed by atoms with E-state index in [0.717, 1.165) is 7.11 Å². The zero-order valence-corrected chi connectivity index (χ0v) is 13.6. The minimum atomic E-state index is -1.22. The fourth-order valence-electron chi connectivity index (χ4n) is 1.43. The summed E-state index contributed by atoms with van der Waals surface area (Å²) in [5, 5.41) is 20.1. The maximum absolute atomic E-state index is 11.9. The number of amides is 1. The summed E-state index contributed by atoms with van der Waals surface area (Å²) in [6, 6.07) is -2.43. The van der Waals surface area contributed by atoms with Gasteiger partial charge in [0.2, 0.25) is 5.91 Å². The third-order valence-corrected chi connectivity index (χ3v) is 2.82. The van der Waals surface area contributed by atoms with Crippen LogP contribution in [-0.4, -0.2) is 72.3 Å². The van der Waals surface area contributed by atoms with Crippen molar-refractivity contribution in [3.05, 3.63) is 12.2 Å². The molecule has 0 bridgehead atoms. The Morgan fingerprint density at radius 3 is 2.39 bits per heavy atom. The Balaban J connectivity index is 4.75. The summed E-state index contributed by atoms with van der Waals surface area (Å²) in [5.41, 5.74) is 5.33. The number of carbonyl (C=O) groups excluding carboxylic acids is 3. The number of rotatable bonds is 10. The number of nitrogens with one attached hydrogen (secondary N) is 1. The molecule has 0 aromatic carbocycles. The average Bonchev–Trinajstić information content (AvgIpc) is 2.55. The normalized spacial score (nSPS) is 14.8. The lowest BCUT2D eigenvalue weighted by atomic mass is 10.2.